The lowest BCUT2D eigenvalue weighted by atomic mass is 10.2. The molecule has 2 aromatic carbocycles. The van der Waals surface area contributed by atoms with E-state index >= 15 is 0 Å². The van der Waals surface area contributed by atoms with E-state index in [1.165, 1.54) is 6.92 Å². The fourth-order valence-electron chi connectivity index (χ4n) is 2.01. The molecule has 0 N–H and O–H groups in total. The smallest absolute Gasteiger partial charge is 0.343 e. The van der Waals surface area contributed by atoms with E-state index in [-0.39, 0.29) is 5.97 Å². The number of rotatable bonds is 7. The first-order chi connectivity index (χ1) is 12.1. The topological polar surface area (TPSA) is 76.4 Å². The fourth-order valence-corrected chi connectivity index (χ4v) is 3.02. The van der Waals surface area contributed by atoms with Crippen LogP contribution in [0.2, 0.25) is 0 Å². The Morgan fingerprint density at radius 2 is 1.76 bits per heavy atom. The zero-order chi connectivity index (χ0) is 18.1. The van der Waals surface area contributed by atoms with Crippen LogP contribution < -0.4 is 10.0 Å². The first-order valence-electron chi connectivity index (χ1n) is 7.78. The molecule has 128 valence electrons. The van der Waals surface area contributed by atoms with Crippen LogP contribution in [0.4, 0.5) is 0 Å². The van der Waals surface area contributed by atoms with E-state index in [2.05, 4.69) is 0 Å². The Bertz CT molecular complexity index is 764. The Morgan fingerprint density at radius 3 is 2.36 bits per heavy atom. The van der Waals surface area contributed by atoms with Crippen LogP contribution in [0.3, 0.4) is 0 Å². The highest BCUT2D eigenvalue weighted by atomic mass is 31.1. The molecule has 0 aromatic heterocycles. The van der Waals surface area contributed by atoms with Gasteiger partial charge in [-0.05, 0) is 54.3 Å². The second-order valence-corrected chi connectivity index (χ2v) is 6.65. The highest BCUT2D eigenvalue weighted by Gasteiger charge is 2.08. The molecule has 2 rings (SSSR count). The van der Waals surface area contributed by atoms with Crippen molar-refractivity contribution in [3.05, 3.63) is 59.7 Å². The molecule has 1 unspecified atom stereocenters. The molecule has 0 saturated carbocycles. The Labute approximate surface area is 148 Å². The Morgan fingerprint density at radius 1 is 1.08 bits per heavy atom. The minimum absolute atomic E-state index is 0.256. The number of hydrogen-bond donors (Lipinski definition) is 0. The van der Waals surface area contributed by atoms with E-state index in [1.807, 2.05) is 18.2 Å². The summed E-state index contributed by atoms with van der Waals surface area (Å²) in [5.41, 5.74) is 0.983. The molecule has 0 saturated heterocycles. The van der Waals surface area contributed by atoms with Gasteiger partial charge in [0.05, 0.1) is 23.8 Å². The summed E-state index contributed by atoms with van der Waals surface area (Å²) in [5, 5.41) is 9.89. The van der Waals surface area contributed by atoms with Gasteiger partial charge in [0.15, 0.2) is 0 Å². The predicted octanol–water partition coefficient (Wildman–Crippen LogP) is 3.03. The van der Waals surface area contributed by atoms with Crippen LogP contribution in [0.1, 0.15) is 29.3 Å². The summed E-state index contributed by atoms with van der Waals surface area (Å²) in [4.78, 5) is 22.8. The molecule has 25 heavy (non-hydrogen) atoms. The zero-order valence-corrected chi connectivity index (χ0v) is 14.8. The quantitative estimate of drug-likeness (QED) is 0.330. The lowest BCUT2D eigenvalue weighted by Gasteiger charge is -2.06. The molecule has 0 bridgehead atoms. The van der Waals surface area contributed by atoms with Gasteiger partial charge in [0, 0.05) is 6.92 Å². The molecule has 0 amide bonds. The summed E-state index contributed by atoms with van der Waals surface area (Å²) in [6, 6.07) is 15.7. The lowest BCUT2D eigenvalue weighted by Crippen LogP contribution is -2.09. The number of hydrogen-bond acceptors (Lipinski definition) is 5. The summed E-state index contributed by atoms with van der Waals surface area (Å²) < 4.78 is 10.2. The molecule has 0 heterocycles. The molecule has 6 heteroatoms. The minimum Gasteiger partial charge on any atom is -0.466 e. The maximum Gasteiger partial charge on any atom is 0.343 e. The van der Waals surface area contributed by atoms with E-state index in [0.29, 0.717) is 32.1 Å². The highest BCUT2D eigenvalue weighted by Crippen LogP contribution is 2.15. The Balaban J connectivity index is 1.83. The molecule has 0 spiro atoms. The average molecular weight is 355 g/mol. The van der Waals surface area contributed by atoms with Crippen LogP contribution in [-0.2, 0) is 9.53 Å². The fraction of sp³-hybridized carbons (Fsp3) is 0.211. The SMILES string of the molecule is CC(=O)OCCCPc1ccc(C(=O)Oc2ccc(C#N)cc2)cc1. The molecular weight excluding hydrogens is 337 g/mol. The number of carbonyl (C=O) groups excluding carboxylic acids is 2. The largest absolute Gasteiger partial charge is 0.466 e. The van der Waals surface area contributed by atoms with Gasteiger partial charge in [-0.3, -0.25) is 4.79 Å². The number of nitrogens with zero attached hydrogens (tertiary/aromatic N) is 1. The van der Waals surface area contributed by atoms with Gasteiger partial charge < -0.3 is 9.47 Å². The van der Waals surface area contributed by atoms with Gasteiger partial charge in [0.2, 0.25) is 0 Å². The first kappa shape index (κ1) is 18.6. The second kappa shape index (κ2) is 9.56. The van der Waals surface area contributed by atoms with E-state index in [4.69, 9.17) is 14.7 Å². The molecule has 0 aliphatic rings. The van der Waals surface area contributed by atoms with Crippen molar-refractivity contribution >= 4 is 25.8 Å². The minimum atomic E-state index is -0.436. The number of carbonyl (C=O) groups is 2. The third kappa shape index (κ3) is 6.37. The molecule has 0 aliphatic carbocycles. The molecule has 0 radical (unpaired) electrons. The third-order valence-electron chi connectivity index (χ3n) is 3.27. The van der Waals surface area contributed by atoms with Crippen molar-refractivity contribution in [3.63, 3.8) is 0 Å². The summed E-state index contributed by atoms with van der Waals surface area (Å²) in [6.07, 6.45) is 1.75. The van der Waals surface area contributed by atoms with Gasteiger partial charge in [-0.25, -0.2) is 4.79 Å². The zero-order valence-electron chi connectivity index (χ0n) is 13.8. The first-order valence-corrected chi connectivity index (χ1v) is 8.99. The number of esters is 2. The van der Waals surface area contributed by atoms with Gasteiger partial charge in [-0.2, -0.15) is 5.26 Å². The molecule has 1 atom stereocenters. The van der Waals surface area contributed by atoms with E-state index < -0.39 is 5.97 Å². The molecule has 0 aliphatic heterocycles. The van der Waals surface area contributed by atoms with Crippen LogP contribution in [0.5, 0.6) is 5.75 Å². The van der Waals surface area contributed by atoms with Crippen LogP contribution in [-0.4, -0.2) is 24.7 Å². The number of nitriles is 1. The van der Waals surface area contributed by atoms with Gasteiger partial charge in [0.25, 0.3) is 0 Å². The number of benzene rings is 2. The highest BCUT2D eigenvalue weighted by molar-refractivity contribution is 7.47. The van der Waals surface area contributed by atoms with Crippen molar-refractivity contribution < 1.29 is 19.1 Å². The average Bonchev–Trinajstić information content (AvgIpc) is 2.62. The normalized spacial score (nSPS) is 10.4. The Hall–Kier alpha value is -2.70. The summed E-state index contributed by atoms with van der Waals surface area (Å²) >= 11 is 0. The van der Waals surface area contributed by atoms with Crippen molar-refractivity contribution in [2.45, 2.75) is 13.3 Å². The second-order valence-electron chi connectivity index (χ2n) is 5.22. The van der Waals surface area contributed by atoms with Crippen LogP contribution in [0, 0.1) is 11.3 Å². The van der Waals surface area contributed by atoms with E-state index in [0.717, 1.165) is 17.9 Å². The lowest BCUT2D eigenvalue weighted by molar-refractivity contribution is -0.140. The van der Waals surface area contributed by atoms with E-state index in [1.54, 1.807) is 36.4 Å². The van der Waals surface area contributed by atoms with Crippen molar-refractivity contribution in [2.75, 3.05) is 12.8 Å². The van der Waals surface area contributed by atoms with Gasteiger partial charge >= 0.3 is 11.9 Å². The van der Waals surface area contributed by atoms with Crippen molar-refractivity contribution in [3.8, 4) is 11.8 Å². The summed E-state index contributed by atoms with van der Waals surface area (Å²) in [5.74, 6) is -0.289. The van der Waals surface area contributed by atoms with Crippen molar-refractivity contribution in [2.24, 2.45) is 0 Å². The third-order valence-corrected chi connectivity index (χ3v) is 4.62. The van der Waals surface area contributed by atoms with Gasteiger partial charge in [0.1, 0.15) is 5.75 Å². The van der Waals surface area contributed by atoms with Crippen molar-refractivity contribution in [1.82, 2.24) is 0 Å². The maximum absolute atomic E-state index is 12.1. The maximum atomic E-state index is 12.1. The predicted molar refractivity (Wildman–Crippen MR) is 96.6 cm³/mol. The molecule has 5 nitrogen and oxygen atoms in total. The summed E-state index contributed by atoms with van der Waals surface area (Å²) in [7, 11) is 0.596. The van der Waals surface area contributed by atoms with Gasteiger partial charge in [-0.15, -0.1) is 0 Å². The van der Waals surface area contributed by atoms with Crippen LogP contribution >= 0.6 is 8.58 Å². The van der Waals surface area contributed by atoms with E-state index in [9.17, 15) is 9.59 Å². The molecular formula is C19H18NO4P. The summed E-state index contributed by atoms with van der Waals surface area (Å²) in [6.45, 7) is 1.84. The monoisotopic (exact) mass is 355 g/mol. The van der Waals surface area contributed by atoms with Crippen LogP contribution in [0.15, 0.2) is 48.5 Å². The Kier molecular flexibility index (Phi) is 7.13. The van der Waals surface area contributed by atoms with Gasteiger partial charge in [-0.1, -0.05) is 20.7 Å². The molecule has 2 aromatic rings. The molecule has 0 fully saturated rings. The number of ether oxygens (including phenoxy) is 2. The van der Waals surface area contributed by atoms with Crippen molar-refractivity contribution in [1.29, 1.82) is 5.26 Å². The standard InChI is InChI=1S/C19H18NO4P/c1-14(21)23-11-2-12-25-18-9-5-16(6-10-18)19(22)24-17-7-3-15(13-20)4-8-17/h3-10,25H,2,11-12H2,1H3. The van der Waals surface area contributed by atoms with Crippen LogP contribution in [0.25, 0.3) is 0 Å².